The number of benzene rings is 3. The number of aryl methyl sites for hydroxylation is 1. The maximum Gasteiger partial charge on any atom is 0.224 e. The summed E-state index contributed by atoms with van der Waals surface area (Å²) in [5.41, 5.74) is 5.16. The fraction of sp³-hybridized carbons (Fsp3) is 0.185. The molecule has 0 atom stereocenters. The van der Waals surface area contributed by atoms with Crippen molar-refractivity contribution in [3.63, 3.8) is 0 Å². The van der Waals surface area contributed by atoms with E-state index in [-0.39, 0.29) is 5.91 Å². The van der Waals surface area contributed by atoms with E-state index in [0.29, 0.717) is 19.4 Å². The van der Waals surface area contributed by atoms with E-state index >= 15 is 0 Å². The van der Waals surface area contributed by atoms with Crippen LogP contribution in [0.4, 0.5) is 5.69 Å². The van der Waals surface area contributed by atoms with Crippen LogP contribution in [0, 0.1) is 0 Å². The van der Waals surface area contributed by atoms with Crippen LogP contribution in [0.1, 0.15) is 25.3 Å². The molecule has 162 valence electrons. The fourth-order valence-corrected chi connectivity index (χ4v) is 4.15. The first kappa shape index (κ1) is 21.8. The Balaban J connectivity index is 1.24. The lowest BCUT2D eigenvalue weighted by molar-refractivity contribution is -0.116. The summed E-state index contributed by atoms with van der Waals surface area (Å²) < 4.78 is 5.72. The van der Waals surface area contributed by atoms with Gasteiger partial charge in [0.15, 0.2) is 0 Å². The quantitative estimate of drug-likeness (QED) is 0.289. The van der Waals surface area contributed by atoms with Gasteiger partial charge in [0.05, 0.1) is 12.3 Å². The zero-order chi connectivity index (χ0) is 22.2. The van der Waals surface area contributed by atoms with Crippen LogP contribution in [0.2, 0.25) is 0 Å². The van der Waals surface area contributed by atoms with Crippen molar-refractivity contribution in [1.82, 2.24) is 4.98 Å². The van der Waals surface area contributed by atoms with Crippen LogP contribution in [0.3, 0.4) is 0 Å². The van der Waals surface area contributed by atoms with Gasteiger partial charge >= 0.3 is 0 Å². The lowest BCUT2D eigenvalue weighted by Gasteiger charge is -2.08. The Bertz CT molecular complexity index is 1140. The maximum atomic E-state index is 12.2. The lowest BCUT2D eigenvalue weighted by atomic mass is 10.1. The molecule has 32 heavy (non-hydrogen) atoms. The van der Waals surface area contributed by atoms with Gasteiger partial charge in [0, 0.05) is 28.6 Å². The second kappa shape index (κ2) is 10.7. The number of carbonyl (C=O) groups is 1. The molecule has 3 aromatic carbocycles. The smallest absolute Gasteiger partial charge is 0.224 e. The third kappa shape index (κ3) is 5.83. The number of ether oxygens (including phenoxy) is 1. The van der Waals surface area contributed by atoms with Crippen LogP contribution in [0.5, 0.6) is 5.75 Å². The molecule has 0 unspecified atom stereocenters. The van der Waals surface area contributed by atoms with E-state index in [2.05, 4.69) is 41.9 Å². The first-order valence-corrected chi connectivity index (χ1v) is 11.7. The van der Waals surface area contributed by atoms with Gasteiger partial charge < -0.3 is 10.1 Å². The van der Waals surface area contributed by atoms with Crippen molar-refractivity contribution in [2.24, 2.45) is 0 Å². The number of anilines is 1. The molecule has 0 saturated heterocycles. The summed E-state index contributed by atoms with van der Waals surface area (Å²) in [6, 6.07) is 26.1. The van der Waals surface area contributed by atoms with Crippen molar-refractivity contribution in [2.45, 2.75) is 26.2 Å². The molecule has 0 saturated carbocycles. The minimum atomic E-state index is -0.0114. The van der Waals surface area contributed by atoms with Gasteiger partial charge in [0.25, 0.3) is 0 Å². The maximum absolute atomic E-state index is 12.2. The molecule has 0 radical (unpaired) electrons. The number of hydrogen-bond donors (Lipinski definition) is 1. The SMILES string of the molecule is CCc1ccc(OCCCC(=O)Nc2ccc(-c3csc(-c4ccccc4)n3)cc2)cc1. The molecule has 4 rings (SSSR count). The first-order valence-electron chi connectivity index (χ1n) is 10.8. The van der Waals surface area contributed by atoms with Gasteiger partial charge in [-0.1, -0.05) is 61.5 Å². The largest absolute Gasteiger partial charge is 0.494 e. The number of nitrogens with zero attached hydrogens (tertiary/aromatic N) is 1. The van der Waals surface area contributed by atoms with E-state index in [1.54, 1.807) is 11.3 Å². The van der Waals surface area contributed by atoms with Crippen LogP contribution in [0.15, 0.2) is 84.2 Å². The average Bonchev–Trinajstić information content (AvgIpc) is 3.34. The number of amides is 1. The zero-order valence-corrected chi connectivity index (χ0v) is 18.9. The molecule has 0 bridgehead atoms. The molecule has 1 aromatic heterocycles. The molecule has 4 nitrogen and oxygen atoms in total. The summed E-state index contributed by atoms with van der Waals surface area (Å²) >= 11 is 1.63. The van der Waals surface area contributed by atoms with Crippen molar-refractivity contribution in [3.8, 4) is 27.6 Å². The van der Waals surface area contributed by atoms with E-state index < -0.39 is 0 Å². The van der Waals surface area contributed by atoms with E-state index in [0.717, 1.165) is 39.7 Å². The van der Waals surface area contributed by atoms with Crippen LogP contribution >= 0.6 is 11.3 Å². The molecule has 4 aromatic rings. The minimum absolute atomic E-state index is 0.0114. The van der Waals surface area contributed by atoms with E-state index in [9.17, 15) is 4.79 Å². The number of rotatable bonds is 9. The molecule has 1 heterocycles. The number of carbonyl (C=O) groups excluding carboxylic acids is 1. The van der Waals surface area contributed by atoms with E-state index in [1.807, 2.05) is 54.6 Å². The Kier molecular flexibility index (Phi) is 7.31. The standard InChI is InChI=1S/C27H26N2O2S/c1-2-20-10-16-24(17-11-20)31-18-6-9-26(30)28-23-14-12-21(13-15-23)25-19-32-27(29-25)22-7-4-3-5-8-22/h3-5,7-8,10-17,19H,2,6,9,18H2,1H3,(H,28,30). The lowest BCUT2D eigenvalue weighted by Crippen LogP contribution is -2.12. The summed E-state index contributed by atoms with van der Waals surface area (Å²) in [6.07, 6.45) is 2.10. The average molecular weight is 443 g/mol. The summed E-state index contributed by atoms with van der Waals surface area (Å²) in [5.74, 6) is 0.832. The highest BCUT2D eigenvalue weighted by atomic mass is 32.1. The van der Waals surface area contributed by atoms with Gasteiger partial charge in [-0.3, -0.25) is 4.79 Å². The van der Waals surface area contributed by atoms with Crippen molar-refractivity contribution in [3.05, 3.63) is 89.8 Å². The van der Waals surface area contributed by atoms with Crippen LogP contribution in [-0.4, -0.2) is 17.5 Å². The number of aromatic nitrogens is 1. The fourth-order valence-electron chi connectivity index (χ4n) is 3.31. The van der Waals surface area contributed by atoms with Gasteiger partial charge in [0.2, 0.25) is 5.91 Å². The molecule has 0 aliphatic carbocycles. The molecular formula is C27H26N2O2S. The Morgan fingerprint density at radius 2 is 1.69 bits per heavy atom. The second-order valence-corrected chi connectivity index (χ2v) is 8.34. The minimum Gasteiger partial charge on any atom is -0.494 e. The monoisotopic (exact) mass is 442 g/mol. The van der Waals surface area contributed by atoms with Gasteiger partial charge in [-0.2, -0.15) is 0 Å². The van der Waals surface area contributed by atoms with Gasteiger partial charge in [-0.25, -0.2) is 4.98 Å². The number of thiazole rings is 1. The highest BCUT2D eigenvalue weighted by Crippen LogP contribution is 2.29. The van der Waals surface area contributed by atoms with Crippen molar-refractivity contribution in [1.29, 1.82) is 0 Å². The Morgan fingerprint density at radius 3 is 2.41 bits per heavy atom. The summed E-state index contributed by atoms with van der Waals surface area (Å²) in [4.78, 5) is 17.0. The molecule has 0 fully saturated rings. The van der Waals surface area contributed by atoms with Crippen molar-refractivity contribution in [2.75, 3.05) is 11.9 Å². The predicted molar refractivity (Wildman–Crippen MR) is 132 cm³/mol. The van der Waals surface area contributed by atoms with E-state index in [4.69, 9.17) is 9.72 Å². The van der Waals surface area contributed by atoms with Gasteiger partial charge in [-0.05, 0) is 42.7 Å². The molecule has 0 spiro atoms. The van der Waals surface area contributed by atoms with Crippen LogP contribution < -0.4 is 10.1 Å². The molecular weight excluding hydrogens is 416 g/mol. The normalized spacial score (nSPS) is 10.7. The molecule has 5 heteroatoms. The highest BCUT2D eigenvalue weighted by molar-refractivity contribution is 7.13. The molecule has 1 N–H and O–H groups in total. The third-order valence-electron chi connectivity index (χ3n) is 5.14. The first-order chi connectivity index (χ1) is 15.7. The summed E-state index contributed by atoms with van der Waals surface area (Å²) in [7, 11) is 0. The van der Waals surface area contributed by atoms with Crippen LogP contribution in [0.25, 0.3) is 21.8 Å². The summed E-state index contributed by atoms with van der Waals surface area (Å²) in [5, 5.41) is 6.02. The Hall–Kier alpha value is -3.44. The molecule has 0 aliphatic heterocycles. The zero-order valence-electron chi connectivity index (χ0n) is 18.1. The van der Waals surface area contributed by atoms with Crippen LogP contribution in [-0.2, 0) is 11.2 Å². The highest BCUT2D eigenvalue weighted by Gasteiger charge is 2.08. The topological polar surface area (TPSA) is 51.2 Å². The predicted octanol–water partition coefficient (Wildman–Crippen LogP) is 6.84. The van der Waals surface area contributed by atoms with Crippen molar-refractivity contribution < 1.29 is 9.53 Å². The van der Waals surface area contributed by atoms with E-state index in [1.165, 1.54) is 5.56 Å². The molecule has 0 aliphatic rings. The Labute approximate surface area is 192 Å². The third-order valence-corrected chi connectivity index (χ3v) is 6.03. The number of hydrogen-bond acceptors (Lipinski definition) is 4. The van der Waals surface area contributed by atoms with Gasteiger partial charge in [-0.15, -0.1) is 11.3 Å². The Morgan fingerprint density at radius 1 is 0.938 bits per heavy atom. The van der Waals surface area contributed by atoms with Gasteiger partial charge in [0.1, 0.15) is 10.8 Å². The number of nitrogens with one attached hydrogen (secondary N) is 1. The molecule has 1 amide bonds. The summed E-state index contributed by atoms with van der Waals surface area (Å²) in [6.45, 7) is 2.65. The second-order valence-electron chi connectivity index (χ2n) is 7.48. The van der Waals surface area contributed by atoms with Crippen molar-refractivity contribution >= 4 is 22.9 Å².